The van der Waals surface area contributed by atoms with Crippen LogP contribution < -0.4 is 5.32 Å². The van der Waals surface area contributed by atoms with Gasteiger partial charge in [-0.2, -0.15) is 0 Å². The van der Waals surface area contributed by atoms with E-state index in [-0.39, 0.29) is 18.6 Å². The van der Waals surface area contributed by atoms with E-state index < -0.39 is 12.1 Å². The Kier molecular flexibility index (Phi) is 4.08. The molecule has 0 aliphatic carbocycles. The van der Waals surface area contributed by atoms with Crippen molar-refractivity contribution >= 4 is 18.1 Å². The first-order valence-corrected chi connectivity index (χ1v) is 6.25. The molecule has 0 radical (unpaired) electrons. The number of ether oxygens (including phenoxy) is 2. The molecular formula is C11H17N3O5. The average Bonchev–Trinajstić information content (AvgIpc) is 2.85. The van der Waals surface area contributed by atoms with Crippen molar-refractivity contribution in [2.45, 2.75) is 13.0 Å². The number of alkyl carbamates (subject to hydrolysis) is 1. The lowest BCUT2D eigenvalue weighted by Gasteiger charge is -2.34. The van der Waals surface area contributed by atoms with Crippen LogP contribution in [0.15, 0.2) is 0 Å². The highest BCUT2D eigenvalue weighted by atomic mass is 16.6. The molecule has 2 aliphatic heterocycles. The van der Waals surface area contributed by atoms with Crippen LogP contribution in [0.25, 0.3) is 0 Å². The van der Waals surface area contributed by atoms with Crippen LogP contribution in [-0.2, 0) is 14.3 Å². The number of carbonyl (C=O) groups is 3. The molecule has 2 aliphatic rings. The van der Waals surface area contributed by atoms with E-state index in [2.05, 4.69) is 10.1 Å². The molecule has 8 nitrogen and oxygen atoms in total. The standard InChI is InChI=1S/C11H17N3O5/c1-2-18-11(17)14-5-3-13(4-6-14)9(15)8-7-19-10(16)12-8/h8H,2-7H2,1H3,(H,12,16). The summed E-state index contributed by atoms with van der Waals surface area (Å²) < 4.78 is 9.58. The van der Waals surface area contributed by atoms with E-state index in [1.165, 1.54) is 0 Å². The number of rotatable bonds is 2. The Balaban J connectivity index is 1.81. The van der Waals surface area contributed by atoms with E-state index in [9.17, 15) is 14.4 Å². The molecule has 0 aromatic carbocycles. The lowest BCUT2D eigenvalue weighted by molar-refractivity contribution is -0.134. The fourth-order valence-corrected chi connectivity index (χ4v) is 2.06. The molecule has 8 heteroatoms. The fourth-order valence-electron chi connectivity index (χ4n) is 2.06. The molecule has 1 unspecified atom stereocenters. The predicted molar refractivity (Wildman–Crippen MR) is 63.4 cm³/mol. The van der Waals surface area contributed by atoms with Gasteiger partial charge in [0.25, 0.3) is 0 Å². The largest absolute Gasteiger partial charge is 0.450 e. The molecule has 106 valence electrons. The molecule has 1 atom stereocenters. The second kappa shape index (κ2) is 5.77. The third-order valence-electron chi connectivity index (χ3n) is 3.09. The Morgan fingerprint density at radius 2 is 1.95 bits per heavy atom. The van der Waals surface area contributed by atoms with Crippen molar-refractivity contribution in [2.24, 2.45) is 0 Å². The third kappa shape index (κ3) is 3.07. The summed E-state index contributed by atoms with van der Waals surface area (Å²) in [6.45, 7) is 3.89. The van der Waals surface area contributed by atoms with Crippen molar-refractivity contribution in [3.8, 4) is 0 Å². The fraction of sp³-hybridized carbons (Fsp3) is 0.727. The maximum absolute atomic E-state index is 12.0. The van der Waals surface area contributed by atoms with Gasteiger partial charge in [0.2, 0.25) is 5.91 Å². The van der Waals surface area contributed by atoms with Crippen molar-refractivity contribution in [1.29, 1.82) is 0 Å². The predicted octanol–water partition coefficient (Wildman–Crippen LogP) is -0.604. The minimum absolute atomic E-state index is 0.0652. The highest BCUT2D eigenvalue weighted by Crippen LogP contribution is 2.08. The molecule has 2 fully saturated rings. The van der Waals surface area contributed by atoms with Gasteiger partial charge < -0.3 is 24.6 Å². The zero-order valence-electron chi connectivity index (χ0n) is 10.8. The Bertz CT molecular complexity index is 379. The highest BCUT2D eigenvalue weighted by molar-refractivity contribution is 5.88. The summed E-state index contributed by atoms with van der Waals surface area (Å²) in [5, 5.41) is 2.45. The van der Waals surface area contributed by atoms with Crippen molar-refractivity contribution in [3.05, 3.63) is 0 Å². The summed E-state index contributed by atoms with van der Waals surface area (Å²) in [5.41, 5.74) is 0. The molecule has 2 saturated heterocycles. The molecule has 0 spiro atoms. The van der Waals surface area contributed by atoms with Crippen LogP contribution in [0.4, 0.5) is 9.59 Å². The molecule has 0 aromatic rings. The van der Waals surface area contributed by atoms with Gasteiger partial charge in [0.15, 0.2) is 0 Å². The Hall–Kier alpha value is -1.99. The third-order valence-corrected chi connectivity index (χ3v) is 3.09. The van der Waals surface area contributed by atoms with Crippen LogP contribution in [-0.4, -0.2) is 73.3 Å². The van der Waals surface area contributed by atoms with Gasteiger partial charge in [0.05, 0.1) is 6.61 Å². The zero-order valence-corrected chi connectivity index (χ0v) is 10.8. The number of amides is 3. The Labute approximate surface area is 110 Å². The van der Waals surface area contributed by atoms with Gasteiger partial charge >= 0.3 is 12.2 Å². The maximum Gasteiger partial charge on any atom is 0.409 e. The Morgan fingerprint density at radius 1 is 1.32 bits per heavy atom. The monoisotopic (exact) mass is 271 g/mol. The summed E-state index contributed by atoms with van der Waals surface area (Å²) in [4.78, 5) is 37.6. The lowest BCUT2D eigenvalue weighted by Crippen LogP contribution is -2.55. The first-order chi connectivity index (χ1) is 9.11. The number of hydrogen-bond acceptors (Lipinski definition) is 5. The molecule has 1 N–H and O–H groups in total. The average molecular weight is 271 g/mol. The van der Waals surface area contributed by atoms with Crippen LogP contribution >= 0.6 is 0 Å². The topological polar surface area (TPSA) is 88.2 Å². The normalized spacial score (nSPS) is 22.8. The minimum atomic E-state index is -0.610. The quantitative estimate of drug-likeness (QED) is 0.724. The number of cyclic esters (lactones) is 1. The summed E-state index contributed by atoms with van der Waals surface area (Å²) in [6, 6.07) is -0.610. The SMILES string of the molecule is CCOC(=O)N1CCN(C(=O)C2COC(=O)N2)CC1. The minimum Gasteiger partial charge on any atom is -0.450 e. The lowest BCUT2D eigenvalue weighted by atomic mass is 10.2. The number of nitrogens with one attached hydrogen (secondary N) is 1. The van der Waals surface area contributed by atoms with Gasteiger partial charge in [-0.05, 0) is 6.92 Å². The van der Waals surface area contributed by atoms with Crippen LogP contribution in [0.1, 0.15) is 6.92 Å². The van der Waals surface area contributed by atoms with E-state index in [1.807, 2.05) is 0 Å². The molecule has 2 rings (SSSR count). The van der Waals surface area contributed by atoms with E-state index in [1.54, 1.807) is 16.7 Å². The van der Waals surface area contributed by atoms with E-state index >= 15 is 0 Å². The number of nitrogens with zero attached hydrogens (tertiary/aromatic N) is 2. The summed E-state index contributed by atoms with van der Waals surface area (Å²) >= 11 is 0. The second-order valence-electron chi connectivity index (χ2n) is 4.31. The summed E-state index contributed by atoms with van der Waals surface area (Å²) in [7, 11) is 0. The Morgan fingerprint density at radius 3 is 2.47 bits per heavy atom. The van der Waals surface area contributed by atoms with E-state index in [0.29, 0.717) is 32.8 Å². The molecule has 3 amide bonds. The van der Waals surface area contributed by atoms with E-state index in [0.717, 1.165) is 0 Å². The molecular weight excluding hydrogens is 254 g/mol. The smallest absolute Gasteiger partial charge is 0.409 e. The molecule has 2 heterocycles. The van der Waals surface area contributed by atoms with Crippen molar-refractivity contribution in [1.82, 2.24) is 15.1 Å². The summed E-state index contributed by atoms with van der Waals surface area (Å²) in [6.07, 6.45) is -0.921. The molecule has 0 aromatic heterocycles. The van der Waals surface area contributed by atoms with Gasteiger partial charge in [0, 0.05) is 26.2 Å². The van der Waals surface area contributed by atoms with Crippen LogP contribution in [0, 0.1) is 0 Å². The number of hydrogen-bond donors (Lipinski definition) is 1. The zero-order chi connectivity index (χ0) is 13.8. The van der Waals surface area contributed by atoms with Crippen molar-refractivity contribution in [3.63, 3.8) is 0 Å². The van der Waals surface area contributed by atoms with Crippen LogP contribution in [0.3, 0.4) is 0 Å². The molecule has 0 saturated carbocycles. The maximum atomic E-state index is 12.0. The molecule has 19 heavy (non-hydrogen) atoms. The van der Waals surface area contributed by atoms with E-state index in [4.69, 9.17) is 4.74 Å². The van der Waals surface area contributed by atoms with Gasteiger partial charge in [-0.3, -0.25) is 4.79 Å². The first kappa shape index (κ1) is 13.4. The number of piperazine rings is 1. The first-order valence-electron chi connectivity index (χ1n) is 6.25. The van der Waals surface area contributed by atoms with Crippen LogP contribution in [0.5, 0.6) is 0 Å². The van der Waals surface area contributed by atoms with Crippen LogP contribution in [0.2, 0.25) is 0 Å². The highest BCUT2D eigenvalue weighted by Gasteiger charge is 2.34. The second-order valence-corrected chi connectivity index (χ2v) is 4.31. The van der Waals surface area contributed by atoms with Gasteiger partial charge in [-0.25, -0.2) is 9.59 Å². The summed E-state index contributed by atoms with van der Waals surface area (Å²) in [5.74, 6) is -0.172. The number of carbonyl (C=O) groups excluding carboxylic acids is 3. The van der Waals surface area contributed by atoms with Gasteiger partial charge in [0.1, 0.15) is 12.6 Å². The molecule has 0 bridgehead atoms. The van der Waals surface area contributed by atoms with Crippen molar-refractivity contribution < 1.29 is 23.9 Å². The van der Waals surface area contributed by atoms with Gasteiger partial charge in [-0.1, -0.05) is 0 Å². The van der Waals surface area contributed by atoms with Crippen molar-refractivity contribution in [2.75, 3.05) is 39.4 Å². The van der Waals surface area contributed by atoms with Gasteiger partial charge in [-0.15, -0.1) is 0 Å².